The molecule has 5 amide bonds. The van der Waals surface area contributed by atoms with Gasteiger partial charge in [0.15, 0.2) is 5.82 Å². The molecule has 39 heavy (non-hydrogen) atoms. The first kappa shape index (κ1) is 25.5. The molecule has 1 aromatic heterocycles. The predicted octanol–water partition coefficient (Wildman–Crippen LogP) is 4.06. The van der Waals surface area contributed by atoms with Gasteiger partial charge < -0.3 is 20.3 Å². The molecule has 1 saturated heterocycles. The fourth-order valence-electron chi connectivity index (χ4n) is 5.32. The molecular weight excluding hydrogens is 549 g/mol. The molecule has 1 saturated carbocycles. The van der Waals surface area contributed by atoms with Gasteiger partial charge in [0.25, 0.3) is 5.91 Å². The van der Waals surface area contributed by atoms with Gasteiger partial charge in [0.1, 0.15) is 22.3 Å². The lowest BCUT2D eigenvalue weighted by Crippen LogP contribution is -2.52. The Labute approximate surface area is 230 Å². The highest BCUT2D eigenvalue weighted by Crippen LogP contribution is 2.46. The summed E-state index contributed by atoms with van der Waals surface area (Å²) >= 11 is 7.62. The van der Waals surface area contributed by atoms with Gasteiger partial charge in [-0.3, -0.25) is 19.7 Å². The summed E-state index contributed by atoms with van der Waals surface area (Å²) in [5.74, 6) is -1.67. The number of piperidine rings is 1. The molecule has 0 bridgehead atoms. The number of nitrogens with zero attached hydrogens (tertiary/aromatic N) is 2. The van der Waals surface area contributed by atoms with Crippen LogP contribution in [0.15, 0.2) is 24.3 Å². The Morgan fingerprint density at radius 2 is 2.08 bits per heavy atom. The number of nitrogens with one attached hydrogen (secondary N) is 3. The van der Waals surface area contributed by atoms with Crippen LogP contribution < -0.4 is 20.7 Å². The molecule has 6 rings (SSSR count). The van der Waals surface area contributed by atoms with Gasteiger partial charge in [0.05, 0.1) is 29.6 Å². The summed E-state index contributed by atoms with van der Waals surface area (Å²) in [4.78, 5) is 55.7. The molecule has 0 spiro atoms. The number of carbonyl (C=O) groups excluding carboxylic acids is 4. The fourth-order valence-corrected chi connectivity index (χ4v) is 6.82. The number of anilines is 1. The van der Waals surface area contributed by atoms with Crippen molar-refractivity contribution >= 4 is 62.6 Å². The van der Waals surface area contributed by atoms with Gasteiger partial charge in [0, 0.05) is 28.6 Å². The van der Waals surface area contributed by atoms with Crippen LogP contribution in [-0.4, -0.2) is 46.8 Å². The van der Waals surface area contributed by atoms with Crippen molar-refractivity contribution in [3.05, 3.63) is 51.2 Å². The molecule has 202 valence electrons. The quantitative estimate of drug-likeness (QED) is 0.396. The van der Waals surface area contributed by atoms with Gasteiger partial charge in [-0.15, -0.1) is 11.3 Å². The van der Waals surface area contributed by atoms with Gasteiger partial charge in [0.2, 0.25) is 11.8 Å². The van der Waals surface area contributed by atoms with E-state index in [9.17, 15) is 19.2 Å². The minimum atomic E-state index is -0.859. The fraction of sp³-hybridized carbons (Fsp3) is 0.346. The van der Waals surface area contributed by atoms with Crippen LogP contribution in [-0.2, 0) is 21.7 Å². The lowest BCUT2D eigenvalue weighted by Gasteiger charge is -2.40. The summed E-state index contributed by atoms with van der Waals surface area (Å²) < 4.78 is 21.8. The molecule has 3 aliphatic rings. The number of fused-ring (bicyclic) bond motifs is 2. The summed E-state index contributed by atoms with van der Waals surface area (Å²) in [5.41, 5.74) is 0.0789. The lowest BCUT2D eigenvalue weighted by molar-refractivity contribution is -0.136. The third-order valence-corrected chi connectivity index (χ3v) is 8.94. The van der Waals surface area contributed by atoms with Crippen LogP contribution >= 0.6 is 22.9 Å². The van der Waals surface area contributed by atoms with E-state index >= 15 is 4.39 Å². The Bertz CT molecular complexity index is 1570. The minimum Gasteiger partial charge on any atom is -0.494 e. The van der Waals surface area contributed by atoms with E-state index in [0.717, 1.165) is 11.1 Å². The van der Waals surface area contributed by atoms with E-state index < -0.39 is 41.2 Å². The Morgan fingerprint density at radius 3 is 2.77 bits per heavy atom. The standard InChI is InChI=1S/C26H23ClFN5O5S/c1-38-17-9-12(27)10-18-21(17)31-24(39-18)26(7-2-8-26)32-25(37)29-15-4-3-13-14(20(15)28)11-33(23(13)36)16-5-6-19(34)30-22(16)35/h3-4,9-10,16H,2,5-8,11H2,1H3,(H2,29,32,37)(H,30,34,35). The van der Waals surface area contributed by atoms with Gasteiger partial charge in [-0.25, -0.2) is 14.2 Å². The molecule has 10 nitrogen and oxygen atoms in total. The lowest BCUT2D eigenvalue weighted by atomic mass is 9.77. The van der Waals surface area contributed by atoms with Crippen LogP contribution in [0.1, 0.15) is 53.0 Å². The van der Waals surface area contributed by atoms with Gasteiger partial charge in [-0.1, -0.05) is 11.6 Å². The SMILES string of the molecule is COc1cc(Cl)cc2sc(C3(NC(=O)Nc4ccc5c(c4F)CN(C4CCC(=O)NC4=O)C5=O)CCC3)nc12. The molecule has 0 radical (unpaired) electrons. The molecule has 3 aromatic rings. The first-order valence-electron chi connectivity index (χ1n) is 12.4. The van der Waals surface area contributed by atoms with Crippen LogP contribution in [0.5, 0.6) is 5.75 Å². The smallest absolute Gasteiger partial charge is 0.320 e. The van der Waals surface area contributed by atoms with Crippen molar-refractivity contribution < 1.29 is 28.3 Å². The number of methoxy groups -OCH3 is 1. The molecule has 2 aliphatic heterocycles. The number of aromatic nitrogens is 1. The summed E-state index contributed by atoms with van der Waals surface area (Å²) in [6.45, 7) is -0.135. The van der Waals surface area contributed by atoms with E-state index in [0.29, 0.717) is 34.1 Å². The summed E-state index contributed by atoms with van der Waals surface area (Å²) in [6.07, 6.45) is 2.49. The highest BCUT2D eigenvalue weighted by atomic mass is 35.5. The number of hydrogen-bond acceptors (Lipinski definition) is 7. The van der Waals surface area contributed by atoms with E-state index in [1.807, 2.05) is 0 Å². The second-order valence-corrected chi connectivity index (χ2v) is 11.3. The number of urea groups is 1. The second-order valence-electron chi connectivity index (χ2n) is 9.84. The summed E-state index contributed by atoms with van der Waals surface area (Å²) in [7, 11) is 1.54. The van der Waals surface area contributed by atoms with Gasteiger partial charge in [-0.05, 0) is 43.9 Å². The summed E-state index contributed by atoms with van der Waals surface area (Å²) in [5, 5.41) is 9.00. The van der Waals surface area contributed by atoms with Crippen molar-refractivity contribution in [3.63, 3.8) is 0 Å². The third-order valence-electron chi connectivity index (χ3n) is 7.51. The number of hydrogen-bond donors (Lipinski definition) is 3. The van der Waals surface area contributed by atoms with Gasteiger partial charge in [-0.2, -0.15) is 0 Å². The van der Waals surface area contributed by atoms with Crippen molar-refractivity contribution in [2.45, 2.75) is 50.2 Å². The number of ether oxygens (including phenoxy) is 1. The second kappa shape index (κ2) is 9.45. The van der Waals surface area contributed by atoms with E-state index in [-0.39, 0.29) is 36.2 Å². The van der Waals surface area contributed by atoms with Crippen molar-refractivity contribution in [1.29, 1.82) is 0 Å². The number of amides is 5. The van der Waals surface area contributed by atoms with Crippen LogP contribution in [0.25, 0.3) is 10.2 Å². The third kappa shape index (κ3) is 4.27. The molecule has 1 unspecified atom stereocenters. The number of benzene rings is 2. The molecule has 2 aromatic carbocycles. The average molecular weight is 572 g/mol. The molecule has 1 aliphatic carbocycles. The highest BCUT2D eigenvalue weighted by molar-refractivity contribution is 7.18. The molecule has 3 N–H and O–H groups in total. The Kier molecular flexibility index (Phi) is 6.18. The average Bonchev–Trinajstić information content (AvgIpc) is 3.44. The Morgan fingerprint density at radius 1 is 1.28 bits per heavy atom. The molecular formula is C26H23ClFN5O5S. The van der Waals surface area contributed by atoms with E-state index in [2.05, 4.69) is 16.0 Å². The largest absolute Gasteiger partial charge is 0.494 e. The first-order chi connectivity index (χ1) is 18.7. The van der Waals surface area contributed by atoms with Crippen molar-refractivity contribution in [2.75, 3.05) is 12.4 Å². The van der Waals surface area contributed by atoms with Gasteiger partial charge >= 0.3 is 6.03 Å². The minimum absolute atomic E-state index is 0.0867. The Balaban J connectivity index is 1.21. The monoisotopic (exact) mass is 571 g/mol. The van der Waals surface area contributed by atoms with Crippen LogP contribution in [0.2, 0.25) is 5.02 Å². The molecule has 1 atom stereocenters. The predicted molar refractivity (Wildman–Crippen MR) is 141 cm³/mol. The maximum Gasteiger partial charge on any atom is 0.320 e. The van der Waals surface area contributed by atoms with Crippen LogP contribution in [0.3, 0.4) is 0 Å². The Hall–Kier alpha value is -3.77. The van der Waals surface area contributed by atoms with Crippen molar-refractivity contribution in [1.82, 2.24) is 20.5 Å². The first-order valence-corrected chi connectivity index (χ1v) is 13.6. The molecule has 13 heteroatoms. The van der Waals surface area contributed by atoms with E-state index in [1.165, 1.54) is 35.5 Å². The zero-order valence-corrected chi connectivity index (χ0v) is 22.3. The maximum absolute atomic E-state index is 15.5. The number of halogens is 2. The zero-order valence-electron chi connectivity index (χ0n) is 20.7. The van der Waals surface area contributed by atoms with Crippen LogP contribution in [0, 0.1) is 5.82 Å². The number of imide groups is 1. The molecule has 2 fully saturated rings. The number of rotatable bonds is 5. The zero-order chi connectivity index (χ0) is 27.5. The number of carbonyl (C=O) groups is 4. The van der Waals surface area contributed by atoms with E-state index in [4.69, 9.17) is 21.3 Å². The molecule has 3 heterocycles. The number of thiazole rings is 1. The van der Waals surface area contributed by atoms with Crippen LogP contribution in [0.4, 0.5) is 14.9 Å². The topological polar surface area (TPSA) is 130 Å². The van der Waals surface area contributed by atoms with Crippen molar-refractivity contribution in [3.8, 4) is 5.75 Å². The summed E-state index contributed by atoms with van der Waals surface area (Å²) in [6, 6.07) is 4.78. The van der Waals surface area contributed by atoms with Crippen molar-refractivity contribution in [2.24, 2.45) is 0 Å². The maximum atomic E-state index is 15.5. The highest BCUT2D eigenvalue weighted by Gasteiger charge is 2.44. The normalized spacial score (nSPS) is 19.9. The van der Waals surface area contributed by atoms with E-state index in [1.54, 1.807) is 12.1 Å².